The van der Waals surface area contributed by atoms with E-state index in [0.29, 0.717) is 10.7 Å². The zero-order valence-electron chi connectivity index (χ0n) is 19.9. The van der Waals surface area contributed by atoms with E-state index < -0.39 is 0 Å². The summed E-state index contributed by atoms with van der Waals surface area (Å²) in [5, 5.41) is 3.61. The van der Waals surface area contributed by atoms with Gasteiger partial charge in [0, 0.05) is 21.7 Å². The van der Waals surface area contributed by atoms with Crippen molar-refractivity contribution in [1.29, 1.82) is 0 Å². The molecular formula is C29H24BrClN4O2. The van der Waals surface area contributed by atoms with Gasteiger partial charge in [-0.2, -0.15) is 0 Å². The first-order chi connectivity index (χ1) is 18.0. The molecule has 186 valence electrons. The van der Waals surface area contributed by atoms with Crippen LogP contribution in [0.1, 0.15) is 30.1 Å². The Morgan fingerprint density at radius 1 is 0.919 bits per heavy atom. The number of hydrogen-bond donors (Lipinski definition) is 1. The summed E-state index contributed by atoms with van der Waals surface area (Å²) < 4.78 is 2.91. The van der Waals surface area contributed by atoms with Crippen LogP contribution in [-0.2, 0) is 4.79 Å². The number of anilines is 2. The van der Waals surface area contributed by atoms with Crippen molar-refractivity contribution < 1.29 is 9.59 Å². The molecule has 1 N–H and O–H groups in total. The molecule has 1 fully saturated rings. The summed E-state index contributed by atoms with van der Waals surface area (Å²) in [4.78, 5) is 31.0. The number of fused-ring (bicyclic) bond motifs is 3. The minimum atomic E-state index is -0.359. The van der Waals surface area contributed by atoms with Crippen LogP contribution in [0.25, 0.3) is 5.69 Å². The van der Waals surface area contributed by atoms with Gasteiger partial charge in [-0.1, -0.05) is 48.0 Å². The summed E-state index contributed by atoms with van der Waals surface area (Å²) >= 11 is 9.68. The third-order valence-electron chi connectivity index (χ3n) is 6.84. The number of benzene rings is 3. The van der Waals surface area contributed by atoms with Crippen molar-refractivity contribution in [2.75, 3.05) is 16.8 Å². The van der Waals surface area contributed by atoms with E-state index in [1.165, 1.54) is 0 Å². The molecule has 1 aromatic heterocycles. The molecule has 37 heavy (non-hydrogen) atoms. The molecule has 2 heterocycles. The third-order valence-corrected chi connectivity index (χ3v) is 7.79. The molecule has 0 bridgehead atoms. The van der Waals surface area contributed by atoms with Gasteiger partial charge in [0.1, 0.15) is 12.6 Å². The van der Waals surface area contributed by atoms with Crippen LogP contribution in [0.15, 0.2) is 95.6 Å². The van der Waals surface area contributed by atoms with E-state index in [4.69, 9.17) is 11.6 Å². The minimum Gasteiger partial charge on any atom is -0.316 e. The molecule has 1 aliphatic carbocycles. The number of hydrogen-bond acceptors (Lipinski definition) is 2. The van der Waals surface area contributed by atoms with Gasteiger partial charge in [-0.15, -0.1) is 0 Å². The van der Waals surface area contributed by atoms with Gasteiger partial charge < -0.3 is 14.8 Å². The highest BCUT2D eigenvalue weighted by Crippen LogP contribution is 2.42. The van der Waals surface area contributed by atoms with Gasteiger partial charge >= 0.3 is 6.03 Å². The number of para-hydroxylation sites is 3. The Kier molecular flexibility index (Phi) is 6.26. The van der Waals surface area contributed by atoms with Crippen molar-refractivity contribution in [1.82, 2.24) is 9.47 Å². The van der Waals surface area contributed by atoms with Gasteiger partial charge in [-0.25, -0.2) is 4.79 Å². The zero-order valence-corrected chi connectivity index (χ0v) is 22.2. The van der Waals surface area contributed by atoms with E-state index in [2.05, 4.69) is 25.8 Å². The largest absolute Gasteiger partial charge is 0.322 e. The summed E-state index contributed by atoms with van der Waals surface area (Å²) in [6.45, 7) is -0.0277. The van der Waals surface area contributed by atoms with Crippen molar-refractivity contribution in [2.24, 2.45) is 0 Å². The van der Waals surface area contributed by atoms with Gasteiger partial charge in [0.2, 0.25) is 5.91 Å². The lowest BCUT2D eigenvalue weighted by Crippen LogP contribution is -2.48. The first-order valence-electron chi connectivity index (χ1n) is 12.2. The second-order valence-corrected chi connectivity index (χ2v) is 10.6. The topological polar surface area (TPSA) is 57.6 Å². The summed E-state index contributed by atoms with van der Waals surface area (Å²) in [6, 6.07) is 26.4. The lowest BCUT2D eigenvalue weighted by Gasteiger charge is -2.39. The number of rotatable bonds is 5. The monoisotopic (exact) mass is 574 g/mol. The SMILES string of the molecule is O=C(Nc1ccccc1Br)N(CC(=O)N1c2ccccc2-n2cccc2C1c1ccc(Cl)cc1)C1CC1. The molecule has 6 rings (SSSR count). The number of aromatic nitrogens is 1. The lowest BCUT2D eigenvalue weighted by atomic mass is 9.97. The molecule has 1 aliphatic heterocycles. The van der Waals surface area contributed by atoms with Crippen molar-refractivity contribution in [3.05, 3.63) is 112 Å². The predicted molar refractivity (Wildman–Crippen MR) is 149 cm³/mol. The van der Waals surface area contributed by atoms with Gasteiger partial charge in [0.05, 0.1) is 22.8 Å². The molecule has 1 saturated carbocycles. The van der Waals surface area contributed by atoms with Gasteiger partial charge in [-0.3, -0.25) is 9.69 Å². The van der Waals surface area contributed by atoms with Gasteiger partial charge in [0.25, 0.3) is 0 Å². The predicted octanol–water partition coefficient (Wildman–Crippen LogP) is 7.03. The fraction of sp³-hybridized carbons (Fsp3) is 0.172. The maximum absolute atomic E-state index is 14.2. The Bertz CT molecular complexity index is 1480. The molecule has 0 spiro atoms. The fourth-order valence-corrected chi connectivity index (χ4v) is 5.46. The second kappa shape index (κ2) is 9.72. The first kappa shape index (κ1) is 23.8. The first-order valence-corrected chi connectivity index (χ1v) is 13.3. The van der Waals surface area contributed by atoms with Crippen LogP contribution in [-0.4, -0.2) is 34.0 Å². The third kappa shape index (κ3) is 4.54. The van der Waals surface area contributed by atoms with E-state index in [1.54, 1.807) is 4.90 Å². The van der Waals surface area contributed by atoms with E-state index in [0.717, 1.165) is 39.9 Å². The molecule has 1 atom stereocenters. The maximum atomic E-state index is 14.2. The van der Waals surface area contributed by atoms with E-state index >= 15 is 0 Å². The maximum Gasteiger partial charge on any atom is 0.322 e. The molecule has 2 aliphatic rings. The molecule has 1 unspecified atom stereocenters. The average Bonchev–Trinajstić information content (AvgIpc) is 3.63. The molecular weight excluding hydrogens is 552 g/mol. The van der Waals surface area contributed by atoms with Crippen LogP contribution in [0.4, 0.5) is 16.2 Å². The number of amides is 3. The Morgan fingerprint density at radius 2 is 1.62 bits per heavy atom. The van der Waals surface area contributed by atoms with Gasteiger partial charge in [0.15, 0.2) is 0 Å². The van der Waals surface area contributed by atoms with Crippen LogP contribution in [0, 0.1) is 0 Å². The molecule has 6 nitrogen and oxygen atoms in total. The van der Waals surface area contributed by atoms with Crippen molar-refractivity contribution >= 4 is 50.8 Å². The Labute approximate surface area is 228 Å². The van der Waals surface area contributed by atoms with E-state index in [1.807, 2.05) is 96.0 Å². The van der Waals surface area contributed by atoms with Crippen molar-refractivity contribution in [3.8, 4) is 5.69 Å². The Hall–Kier alpha value is -3.55. The Balaban J connectivity index is 1.36. The second-order valence-electron chi connectivity index (χ2n) is 9.28. The zero-order chi connectivity index (χ0) is 25.5. The number of carbonyl (C=O) groups excluding carboxylic acids is 2. The molecule has 0 radical (unpaired) electrons. The van der Waals surface area contributed by atoms with Crippen LogP contribution in [0.5, 0.6) is 0 Å². The number of nitrogens with one attached hydrogen (secondary N) is 1. The van der Waals surface area contributed by atoms with Crippen molar-refractivity contribution in [2.45, 2.75) is 24.9 Å². The van der Waals surface area contributed by atoms with Crippen LogP contribution in [0.3, 0.4) is 0 Å². The smallest absolute Gasteiger partial charge is 0.316 e. The standard InChI is InChI=1S/C29H24BrClN4O2/c30-22-6-1-2-7-23(22)32-29(37)34(21-15-16-21)18-27(36)35-25-9-4-3-8-24(25)33-17-5-10-26(33)28(35)19-11-13-20(31)14-12-19/h1-14,17,21,28H,15-16,18H2,(H,32,37). The normalized spacial score (nSPS) is 16.1. The molecule has 4 aromatic rings. The van der Waals surface area contributed by atoms with E-state index in [9.17, 15) is 9.59 Å². The van der Waals surface area contributed by atoms with E-state index in [-0.39, 0.29) is 30.6 Å². The summed E-state index contributed by atoms with van der Waals surface area (Å²) in [5.74, 6) is -0.144. The lowest BCUT2D eigenvalue weighted by molar-refractivity contribution is -0.119. The van der Waals surface area contributed by atoms with Crippen LogP contribution < -0.4 is 10.2 Å². The highest BCUT2D eigenvalue weighted by atomic mass is 79.9. The molecule has 3 amide bonds. The summed E-state index contributed by atoms with van der Waals surface area (Å²) in [5.41, 5.74) is 4.33. The summed E-state index contributed by atoms with van der Waals surface area (Å²) in [7, 11) is 0. The van der Waals surface area contributed by atoms with Gasteiger partial charge in [-0.05, 0) is 82.9 Å². The highest BCUT2D eigenvalue weighted by Gasteiger charge is 2.40. The highest BCUT2D eigenvalue weighted by molar-refractivity contribution is 9.10. The molecule has 3 aromatic carbocycles. The van der Waals surface area contributed by atoms with Crippen LogP contribution in [0.2, 0.25) is 5.02 Å². The average molecular weight is 576 g/mol. The number of urea groups is 1. The van der Waals surface area contributed by atoms with Crippen LogP contribution >= 0.6 is 27.5 Å². The minimum absolute atomic E-state index is 0.0277. The number of carbonyl (C=O) groups is 2. The number of halogens is 2. The quantitative estimate of drug-likeness (QED) is 0.278. The molecule has 0 saturated heterocycles. The summed E-state index contributed by atoms with van der Waals surface area (Å²) in [6.07, 6.45) is 3.79. The van der Waals surface area contributed by atoms with Crippen molar-refractivity contribution in [3.63, 3.8) is 0 Å². The Morgan fingerprint density at radius 3 is 2.35 bits per heavy atom. The number of nitrogens with zero attached hydrogens (tertiary/aromatic N) is 3. The fourth-order valence-electron chi connectivity index (χ4n) is 4.95. The molecule has 8 heteroatoms.